The molecule has 0 amide bonds. The van der Waals surface area contributed by atoms with Crippen molar-refractivity contribution >= 4 is 16.5 Å². The van der Waals surface area contributed by atoms with E-state index >= 15 is 0 Å². The first-order valence-corrected chi connectivity index (χ1v) is 7.52. The third kappa shape index (κ3) is 3.43. The molecule has 102 valence electrons. The Kier molecular flexibility index (Phi) is 4.49. The van der Waals surface area contributed by atoms with Gasteiger partial charge in [0.05, 0.1) is 11.3 Å². The van der Waals surface area contributed by atoms with Gasteiger partial charge in [-0.25, -0.2) is 4.39 Å². The smallest absolute Gasteiger partial charge is 0.124 e. The maximum atomic E-state index is 13.0. The maximum Gasteiger partial charge on any atom is 0.124 e. The zero-order valence-corrected chi connectivity index (χ0v) is 11.7. The van der Waals surface area contributed by atoms with E-state index in [4.69, 9.17) is 5.26 Å². The van der Waals surface area contributed by atoms with Crippen molar-refractivity contribution in [2.24, 2.45) is 0 Å². The Labute approximate surface area is 119 Å². The summed E-state index contributed by atoms with van der Waals surface area (Å²) in [5.74, 6) is -0.429. The quantitative estimate of drug-likeness (QED) is 0.940. The van der Waals surface area contributed by atoms with Gasteiger partial charge >= 0.3 is 0 Å². The largest absolute Gasteiger partial charge is 0.380 e. The Bertz CT molecular complexity index is 677. The van der Waals surface area contributed by atoms with Crippen LogP contribution in [-0.4, -0.2) is 10.5 Å². The lowest BCUT2D eigenvalue weighted by atomic mass is 10.1. The average molecular weight is 288 g/mol. The third-order valence-corrected chi connectivity index (χ3v) is 3.78. The van der Waals surface area contributed by atoms with Gasteiger partial charge in [-0.05, 0) is 35.9 Å². The van der Waals surface area contributed by atoms with E-state index in [-0.39, 0.29) is 5.56 Å². The lowest BCUT2D eigenvalue weighted by molar-refractivity contribution is 0.627. The molecule has 0 radical (unpaired) electrons. The van der Waals surface area contributed by atoms with Crippen LogP contribution in [0.3, 0.4) is 0 Å². The van der Waals surface area contributed by atoms with E-state index < -0.39 is 16.6 Å². The first-order chi connectivity index (χ1) is 9.60. The molecule has 20 heavy (non-hydrogen) atoms. The molecule has 0 aliphatic heterocycles. The molecule has 0 bridgehead atoms. The summed E-state index contributed by atoms with van der Waals surface area (Å²) in [6.45, 7) is 0.511. The average Bonchev–Trinajstić information content (AvgIpc) is 2.46. The molecule has 0 spiro atoms. The van der Waals surface area contributed by atoms with Gasteiger partial charge in [0.2, 0.25) is 0 Å². The minimum Gasteiger partial charge on any atom is -0.380 e. The summed E-state index contributed by atoms with van der Waals surface area (Å²) < 4.78 is 24.3. The molecule has 1 N–H and O–H groups in total. The van der Waals surface area contributed by atoms with Gasteiger partial charge in [0.15, 0.2) is 0 Å². The van der Waals surface area contributed by atoms with E-state index in [1.165, 1.54) is 12.1 Å². The topological polar surface area (TPSA) is 52.9 Å². The van der Waals surface area contributed by atoms with Gasteiger partial charge in [-0.1, -0.05) is 12.1 Å². The summed E-state index contributed by atoms with van der Waals surface area (Å²) in [6.07, 6.45) is 1.63. The summed E-state index contributed by atoms with van der Waals surface area (Å²) >= 11 is 0. The number of nitrogens with zero attached hydrogens (tertiary/aromatic N) is 1. The highest BCUT2D eigenvalue weighted by atomic mass is 32.2. The number of hydrogen-bond donors (Lipinski definition) is 1. The van der Waals surface area contributed by atoms with Gasteiger partial charge in [0.25, 0.3) is 0 Å². The SMILES string of the molecule is C[S@](=O)c1ccc(CNc2ccc(F)cc2C#N)cc1. The van der Waals surface area contributed by atoms with E-state index in [9.17, 15) is 8.60 Å². The second-order valence-corrected chi connectivity index (χ2v) is 5.63. The minimum absolute atomic E-state index is 0.274. The van der Waals surface area contributed by atoms with Gasteiger partial charge in [-0.3, -0.25) is 4.21 Å². The molecule has 0 unspecified atom stereocenters. The molecule has 1 atom stereocenters. The van der Waals surface area contributed by atoms with E-state index in [1.807, 2.05) is 30.3 Å². The Morgan fingerprint density at radius 2 is 1.95 bits per heavy atom. The normalized spacial score (nSPS) is 11.7. The molecule has 3 nitrogen and oxygen atoms in total. The van der Waals surface area contributed by atoms with Crippen LogP contribution in [-0.2, 0) is 17.3 Å². The zero-order chi connectivity index (χ0) is 14.5. The van der Waals surface area contributed by atoms with Crippen molar-refractivity contribution < 1.29 is 8.60 Å². The van der Waals surface area contributed by atoms with E-state index in [0.29, 0.717) is 12.2 Å². The standard InChI is InChI=1S/C15H13FN2OS/c1-20(19)14-5-2-11(3-6-14)10-18-15-7-4-13(16)8-12(15)9-17/h2-8,18H,10H2,1H3/t20-/m0/s1. The molecule has 0 heterocycles. The second kappa shape index (κ2) is 6.31. The predicted molar refractivity (Wildman–Crippen MR) is 77.2 cm³/mol. The van der Waals surface area contributed by atoms with Gasteiger partial charge < -0.3 is 5.32 Å². The van der Waals surface area contributed by atoms with E-state index in [2.05, 4.69) is 5.32 Å². The van der Waals surface area contributed by atoms with Crippen molar-refractivity contribution in [1.29, 1.82) is 5.26 Å². The maximum absolute atomic E-state index is 13.0. The van der Waals surface area contributed by atoms with Crippen molar-refractivity contribution in [3.05, 3.63) is 59.4 Å². The van der Waals surface area contributed by atoms with Gasteiger partial charge in [-0.15, -0.1) is 0 Å². The van der Waals surface area contributed by atoms with E-state index in [1.54, 1.807) is 12.3 Å². The number of halogens is 1. The van der Waals surface area contributed by atoms with Gasteiger partial charge in [-0.2, -0.15) is 5.26 Å². The predicted octanol–water partition coefficient (Wildman–Crippen LogP) is 3.05. The molecule has 2 aromatic carbocycles. The number of nitrogens with one attached hydrogen (secondary N) is 1. The van der Waals surface area contributed by atoms with Crippen LogP contribution in [0, 0.1) is 17.1 Å². The van der Waals surface area contributed by atoms with Crippen molar-refractivity contribution in [3.8, 4) is 6.07 Å². The Morgan fingerprint density at radius 1 is 1.25 bits per heavy atom. The molecule has 0 saturated carbocycles. The lowest BCUT2D eigenvalue weighted by Gasteiger charge is -2.08. The van der Waals surface area contributed by atoms with Crippen LogP contribution in [0.4, 0.5) is 10.1 Å². The van der Waals surface area contributed by atoms with Gasteiger partial charge in [0.1, 0.15) is 11.9 Å². The summed E-state index contributed by atoms with van der Waals surface area (Å²) in [5, 5.41) is 12.0. The van der Waals surface area contributed by atoms with Crippen LogP contribution >= 0.6 is 0 Å². The fraction of sp³-hybridized carbons (Fsp3) is 0.133. The monoisotopic (exact) mass is 288 g/mol. The third-order valence-electron chi connectivity index (χ3n) is 2.84. The minimum atomic E-state index is -0.990. The summed E-state index contributed by atoms with van der Waals surface area (Å²) in [6, 6.07) is 13.4. The molecule has 0 saturated heterocycles. The zero-order valence-electron chi connectivity index (χ0n) is 10.9. The van der Waals surface area contributed by atoms with Crippen molar-refractivity contribution in [3.63, 3.8) is 0 Å². The highest BCUT2D eigenvalue weighted by Crippen LogP contribution is 2.17. The van der Waals surface area contributed by atoms with Crippen LogP contribution in [0.15, 0.2) is 47.4 Å². The van der Waals surface area contributed by atoms with Crippen LogP contribution in [0.25, 0.3) is 0 Å². The number of rotatable bonds is 4. The molecular formula is C15H13FN2OS. The molecule has 0 aliphatic rings. The Morgan fingerprint density at radius 3 is 2.55 bits per heavy atom. The number of nitriles is 1. The van der Waals surface area contributed by atoms with Crippen LogP contribution in [0.2, 0.25) is 0 Å². The fourth-order valence-corrected chi connectivity index (χ4v) is 2.28. The first kappa shape index (κ1) is 14.2. The molecule has 2 rings (SSSR count). The van der Waals surface area contributed by atoms with Gasteiger partial charge in [0, 0.05) is 28.5 Å². The highest BCUT2D eigenvalue weighted by Gasteiger charge is 2.04. The fourth-order valence-electron chi connectivity index (χ4n) is 1.76. The van der Waals surface area contributed by atoms with Crippen LogP contribution in [0.1, 0.15) is 11.1 Å². The lowest BCUT2D eigenvalue weighted by Crippen LogP contribution is -2.02. The molecule has 0 aliphatic carbocycles. The van der Waals surface area contributed by atoms with Crippen molar-refractivity contribution in [1.82, 2.24) is 0 Å². The molecule has 5 heteroatoms. The van der Waals surface area contributed by atoms with Crippen LogP contribution in [0.5, 0.6) is 0 Å². The first-order valence-electron chi connectivity index (χ1n) is 5.96. The molecule has 2 aromatic rings. The molecule has 0 aromatic heterocycles. The van der Waals surface area contributed by atoms with E-state index in [0.717, 1.165) is 10.5 Å². The van der Waals surface area contributed by atoms with Crippen molar-refractivity contribution in [2.75, 3.05) is 11.6 Å². The van der Waals surface area contributed by atoms with Crippen molar-refractivity contribution in [2.45, 2.75) is 11.4 Å². The number of anilines is 1. The molecule has 0 fully saturated rings. The second-order valence-electron chi connectivity index (χ2n) is 4.25. The Balaban J connectivity index is 2.09. The summed E-state index contributed by atoms with van der Waals surface area (Å²) in [4.78, 5) is 0.772. The highest BCUT2D eigenvalue weighted by molar-refractivity contribution is 7.84. The van der Waals surface area contributed by atoms with Crippen LogP contribution < -0.4 is 5.32 Å². The number of hydrogen-bond acceptors (Lipinski definition) is 3. The Hall–Kier alpha value is -2.19. The number of benzene rings is 2. The summed E-state index contributed by atoms with van der Waals surface area (Å²) in [7, 11) is -0.990. The summed E-state index contributed by atoms with van der Waals surface area (Å²) in [5.41, 5.74) is 1.86. The molecular weight excluding hydrogens is 275 g/mol.